The van der Waals surface area contributed by atoms with E-state index >= 15 is 0 Å². The van der Waals surface area contributed by atoms with Crippen molar-refractivity contribution in [2.24, 2.45) is 69.5 Å². The van der Waals surface area contributed by atoms with Gasteiger partial charge in [0.1, 0.15) is 6.10 Å². The van der Waals surface area contributed by atoms with Gasteiger partial charge in [0.15, 0.2) is 28.0 Å². The molecule has 0 aliphatic heterocycles. The summed E-state index contributed by atoms with van der Waals surface area (Å²) in [5.41, 5.74) is -40.8. The van der Waals surface area contributed by atoms with Gasteiger partial charge in [-0.2, -0.15) is 145 Å². The summed E-state index contributed by atoms with van der Waals surface area (Å²) < 4.78 is 450. The van der Waals surface area contributed by atoms with E-state index in [1.807, 2.05) is 0 Å². The van der Waals surface area contributed by atoms with Gasteiger partial charge in [-0.25, -0.2) is 0 Å². The molecule has 4 aliphatic carbocycles. The molecular weight excluding hydrogens is 1830 g/mol. The molecule has 0 heterocycles. The van der Waals surface area contributed by atoms with Crippen molar-refractivity contribution in [1.82, 2.24) is 0 Å². The van der Waals surface area contributed by atoms with Crippen molar-refractivity contribution >= 4 is 17.9 Å². The van der Waals surface area contributed by atoms with E-state index in [0.29, 0.717) is 56.6 Å². The Hall–Kier alpha value is -5.74. The predicted octanol–water partition coefficient (Wildman–Crippen LogP) is 24.4. The van der Waals surface area contributed by atoms with Crippen molar-refractivity contribution in [1.29, 1.82) is 0 Å². The van der Waals surface area contributed by atoms with Gasteiger partial charge in [-0.1, -0.05) is 84.9 Å². The monoisotopic (exact) mass is 1940 g/mol. The number of hydrogen-bond donors (Lipinski definition) is 7. The van der Waals surface area contributed by atoms with Gasteiger partial charge in [0.05, 0.1) is 16.2 Å². The summed E-state index contributed by atoms with van der Waals surface area (Å²) in [7, 11) is 0. The zero-order chi connectivity index (χ0) is 102. The average molecular weight is 1950 g/mol. The van der Waals surface area contributed by atoms with Crippen LogP contribution in [0.5, 0.6) is 0 Å². The first-order valence-corrected chi connectivity index (χ1v) is 40.5. The molecule has 4 saturated carbocycles. The summed E-state index contributed by atoms with van der Waals surface area (Å²) in [6.07, 6.45) is -63.7. The molecule has 0 radical (unpaired) electrons. The molecule has 16 atom stereocenters. The van der Waals surface area contributed by atoms with E-state index in [-0.39, 0.29) is 89.2 Å². The highest BCUT2D eigenvalue weighted by molar-refractivity contribution is 5.77. The van der Waals surface area contributed by atoms with Crippen molar-refractivity contribution in [2.75, 3.05) is 0 Å². The van der Waals surface area contributed by atoms with Crippen LogP contribution in [-0.4, -0.2) is 156 Å². The van der Waals surface area contributed by atoms with Crippen molar-refractivity contribution in [2.45, 2.75) is 359 Å². The summed E-state index contributed by atoms with van der Waals surface area (Å²) in [4.78, 5) is 36.7. The van der Waals surface area contributed by atoms with E-state index in [1.165, 1.54) is 55.4 Å². The van der Waals surface area contributed by atoms with Gasteiger partial charge in [-0.05, 0) is 244 Å². The number of aliphatic hydroxyl groups is 7. The van der Waals surface area contributed by atoms with E-state index in [4.69, 9.17) is 14.2 Å². The normalized spacial score (nSPS) is 25.3. The first kappa shape index (κ1) is 119. The number of esters is 3. The number of fused-ring (bicyclic) bond motifs is 2. The fourth-order valence-electron chi connectivity index (χ4n) is 15.1. The van der Waals surface area contributed by atoms with Gasteiger partial charge < -0.3 is 50.0 Å². The van der Waals surface area contributed by atoms with Crippen LogP contribution in [0.25, 0.3) is 0 Å². The molecule has 2 bridgehead atoms. The lowest BCUT2D eigenvalue weighted by molar-refractivity contribution is -0.391. The molecule has 7 N–H and O–H groups in total. The van der Waals surface area contributed by atoms with Gasteiger partial charge in [-0.15, -0.1) is 0 Å². The summed E-state index contributed by atoms with van der Waals surface area (Å²) in [6, 6.07) is 3.88. The Morgan fingerprint density at radius 1 is 0.372 bits per heavy atom. The van der Waals surface area contributed by atoms with Crippen LogP contribution in [-0.2, 0) is 51.0 Å². The Balaban J connectivity index is 0.000000551. The summed E-state index contributed by atoms with van der Waals surface area (Å²) in [5, 5.41) is 67.8. The third kappa shape index (κ3) is 25.9. The number of halogens is 33. The Morgan fingerprint density at radius 3 is 1.08 bits per heavy atom. The maximum atomic E-state index is 13.8. The standard InChI is InChI=1S/C18H25F9O4.C18H28F6O3.C18H22F6O3.C16H17F9O2.C13H21F3O/c1-5-13(2,3)12(28)31-11-7-9(14(4,29)16(19,20)21)6-10(8-11)15(30,17(22,23)24)18(25,26)27;2*1-6-14(2,3)13(25)27-16(5,18(22,23)24)12-9-7-11(8-10-12)15(4,26)17(19,20)21;1-4-8(2)9-5-10(12(3,26)14(17,18)19)7-11(6-9)13(27,15(20,21)22)16(23,24)25;1-7-8(2)11-5-9(7)4-10(11)6-12(3,17)13(14,15)16/h9-11,29-30H,5-8H2,1-4H3;11-12,26H,6-10H2,1-5H3;7-10,26H,6H2,1-5H3;5-8,26-27H,4H2,1-3H3;7-11,17H,4-6H2,1-3H3. The van der Waals surface area contributed by atoms with Gasteiger partial charge in [0.2, 0.25) is 11.2 Å². The molecular formula is C83H113F33O13. The van der Waals surface area contributed by atoms with E-state index in [1.54, 1.807) is 20.8 Å². The largest absolute Gasteiger partial charge is 0.462 e. The molecule has 4 aliphatic rings. The van der Waals surface area contributed by atoms with Crippen LogP contribution in [0.3, 0.4) is 0 Å². The van der Waals surface area contributed by atoms with Gasteiger partial charge >= 0.3 is 85.8 Å². The van der Waals surface area contributed by atoms with E-state index in [0.717, 1.165) is 51.0 Å². The lowest BCUT2D eigenvalue weighted by Gasteiger charge is -2.47. The Bertz CT molecular complexity index is 3950. The summed E-state index contributed by atoms with van der Waals surface area (Å²) >= 11 is 0. The van der Waals surface area contributed by atoms with Crippen LogP contribution in [0, 0.1) is 69.5 Å². The number of rotatable bonds is 21. The van der Waals surface area contributed by atoms with Gasteiger partial charge in [0, 0.05) is 28.9 Å². The lowest BCUT2D eigenvalue weighted by Crippen LogP contribution is -2.64. The topological polar surface area (TPSA) is 221 Å². The third-order valence-electron chi connectivity index (χ3n) is 27.0. The summed E-state index contributed by atoms with van der Waals surface area (Å²) in [5.74, 6) is -9.14. The lowest BCUT2D eigenvalue weighted by atomic mass is 9.66. The average Bonchev–Trinajstić information content (AvgIpc) is 1.18. The Labute approximate surface area is 723 Å². The van der Waals surface area contributed by atoms with Crippen LogP contribution in [0.15, 0.2) is 42.5 Å². The van der Waals surface area contributed by atoms with Crippen LogP contribution in [0.1, 0.15) is 262 Å². The van der Waals surface area contributed by atoms with Crippen LogP contribution in [0.4, 0.5) is 145 Å². The molecule has 129 heavy (non-hydrogen) atoms. The molecule has 4 fully saturated rings. The molecule has 2 aromatic rings. The van der Waals surface area contributed by atoms with Crippen LogP contribution in [0.2, 0.25) is 0 Å². The van der Waals surface area contributed by atoms with Crippen molar-refractivity contribution in [3.8, 4) is 0 Å². The maximum absolute atomic E-state index is 13.8. The number of benzene rings is 2. The zero-order valence-electron chi connectivity index (χ0n) is 73.8. The van der Waals surface area contributed by atoms with E-state index in [2.05, 4.69) is 13.8 Å². The maximum Gasteiger partial charge on any atom is 0.432 e. The van der Waals surface area contributed by atoms with Gasteiger partial charge in [-0.3, -0.25) is 14.4 Å². The van der Waals surface area contributed by atoms with Crippen molar-refractivity contribution in [3.63, 3.8) is 0 Å². The van der Waals surface area contributed by atoms with Gasteiger partial charge in [0.25, 0.3) is 11.2 Å². The number of hydrogen-bond acceptors (Lipinski definition) is 13. The highest BCUT2D eigenvalue weighted by atomic mass is 19.5. The first-order chi connectivity index (χ1) is 56.8. The molecule has 754 valence electrons. The second-order valence-corrected chi connectivity index (χ2v) is 37.3. The number of carbonyl (C=O) groups is 3. The molecule has 2 aromatic carbocycles. The second-order valence-electron chi connectivity index (χ2n) is 37.3. The third-order valence-corrected chi connectivity index (χ3v) is 27.0. The molecule has 13 nitrogen and oxygen atoms in total. The van der Waals surface area contributed by atoms with Crippen molar-refractivity contribution < 1.29 is 209 Å². The van der Waals surface area contributed by atoms with E-state index < -0.39 is 230 Å². The highest BCUT2D eigenvalue weighted by Crippen LogP contribution is 2.61. The quantitative estimate of drug-likeness (QED) is 0.0352. The minimum atomic E-state index is -6.28. The molecule has 16 unspecified atom stereocenters. The minimum absolute atomic E-state index is 0.0443. The predicted molar refractivity (Wildman–Crippen MR) is 397 cm³/mol. The smallest absolute Gasteiger partial charge is 0.432 e. The molecule has 46 heteroatoms. The fraction of sp³-hybridized carbons (Fsp3) is 0.819. The fourth-order valence-corrected chi connectivity index (χ4v) is 15.1. The number of alkyl halides is 33. The molecule has 0 saturated heterocycles. The second kappa shape index (κ2) is 39.5. The van der Waals surface area contributed by atoms with Crippen molar-refractivity contribution in [3.05, 3.63) is 70.3 Å². The highest BCUT2D eigenvalue weighted by Gasteiger charge is 2.76. The number of carbonyl (C=O) groups excluding carboxylic acids is 3. The first-order valence-electron chi connectivity index (χ1n) is 40.5. The SMILES string of the molecule is CC1C2CC(CC(C)(O)C(F)(F)F)C(C2)C1C.CCC(C)(C)C(=O)OC(C)(C1CCC(C(C)(O)C(F)(F)F)CC1)C(F)(F)F.CCC(C)(C)C(=O)OC(C)(c1ccc(C(C)(O)C(F)(F)F)cc1)C(F)(F)F.CCC(C)(C)C(=O)OC1CC(C(C)(O)C(F)(F)F)CC(C(O)(C(F)(F)F)C(F)(F)F)C1.CCC(C)c1cc(C(C)(O)C(F)(F)F)cc(C(O)(C(F)(F)F)C(F)(F)F)c1. The van der Waals surface area contributed by atoms with Crippen LogP contribution >= 0.6 is 0 Å². The minimum Gasteiger partial charge on any atom is -0.462 e. The molecule has 0 spiro atoms. The number of ether oxygens (including phenoxy) is 3. The Kier molecular flexibility index (Phi) is 36.6. The molecule has 0 amide bonds. The Morgan fingerprint density at radius 2 is 0.736 bits per heavy atom. The molecule has 0 aromatic heterocycles. The molecule has 6 rings (SSSR count). The van der Waals surface area contributed by atoms with Crippen LogP contribution < -0.4 is 0 Å². The zero-order valence-corrected chi connectivity index (χ0v) is 73.8. The van der Waals surface area contributed by atoms with E-state index in [9.17, 15) is 195 Å². The summed E-state index contributed by atoms with van der Waals surface area (Å²) in [6.45, 7) is 24.5.